The van der Waals surface area contributed by atoms with E-state index in [1.54, 1.807) is 0 Å². The second-order valence-corrected chi connectivity index (χ2v) is 3.48. The highest BCUT2D eigenvalue weighted by atomic mass is 35.5. The van der Waals surface area contributed by atoms with Crippen molar-refractivity contribution in [3.8, 4) is 0 Å². The van der Waals surface area contributed by atoms with Gasteiger partial charge in [0.25, 0.3) is 0 Å². The summed E-state index contributed by atoms with van der Waals surface area (Å²) in [5.74, 6) is -0.236. The van der Waals surface area contributed by atoms with Crippen LogP contribution in [0.1, 0.15) is 12.1 Å². The molecule has 0 radical (unpaired) electrons. The molecule has 0 fully saturated rings. The summed E-state index contributed by atoms with van der Waals surface area (Å²) >= 11 is 5.82. The Balaban J connectivity index is 2.43. The zero-order valence-electron chi connectivity index (χ0n) is 7.33. The third-order valence-corrected chi connectivity index (χ3v) is 2.44. The number of rotatable bonds is 0. The van der Waals surface area contributed by atoms with Crippen LogP contribution in [0.25, 0.3) is 0 Å². The zero-order valence-corrected chi connectivity index (χ0v) is 8.08. The Kier molecular flexibility index (Phi) is 2.35. The van der Waals surface area contributed by atoms with Crippen LogP contribution in [-0.2, 0) is 11.2 Å². The maximum atomic E-state index is 11.4. The number of aromatic nitrogens is 2. The van der Waals surface area contributed by atoms with E-state index in [-0.39, 0.29) is 11.1 Å². The van der Waals surface area contributed by atoms with E-state index in [2.05, 4.69) is 15.3 Å². The number of fused-ring (bicyclic) bond motifs is 1. The van der Waals surface area contributed by atoms with E-state index in [1.165, 1.54) is 6.33 Å². The molecule has 0 spiro atoms. The van der Waals surface area contributed by atoms with Gasteiger partial charge >= 0.3 is 0 Å². The van der Waals surface area contributed by atoms with Gasteiger partial charge in [-0.25, -0.2) is 9.97 Å². The van der Waals surface area contributed by atoms with E-state index in [0.29, 0.717) is 18.5 Å². The Bertz CT molecular complexity index is 382. The minimum absolute atomic E-state index is 0.236. The zero-order chi connectivity index (χ0) is 10.1. The molecule has 5 nitrogen and oxygen atoms in total. The summed E-state index contributed by atoms with van der Waals surface area (Å²) < 4.78 is 0. The fourth-order valence-corrected chi connectivity index (χ4v) is 1.55. The summed E-state index contributed by atoms with van der Waals surface area (Å²) in [7, 11) is 0. The minimum atomic E-state index is -0.500. The second-order valence-electron chi connectivity index (χ2n) is 3.12. The van der Waals surface area contributed by atoms with Crippen LogP contribution in [0.4, 0.5) is 5.69 Å². The number of aryl methyl sites for hydroxylation is 1. The number of anilines is 1. The van der Waals surface area contributed by atoms with E-state index in [9.17, 15) is 4.79 Å². The van der Waals surface area contributed by atoms with Crippen LogP contribution in [0.15, 0.2) is 6.33 Å². The first-order valence-electron chi connectivity index (χ1n) is 4.24. The van der Waals surface area contributed by atoms with Crippen LogP contribution in [0, 0.1) is 0 Å². The molecule has 14 heavy (non-hydrogen) atoms. The van der Waals surface area contributed by atoms with E-state index in [1.807, 2.05) is 0 Å². The summed E-state index contributed by atoms with van der Waals surface area (Å²) in [5.41, 5.74) is 6.84. The summed E-state index contributed by atoms with van der Waals surface area (Å²) in [6, 6.07) is -0.500. The number of nitrogens with zero attached hydrogens (tertiary/aromatic N) is 2. The van der Waals surface area contributed by atoms with Gasteiger partial charge in [-0.3, -0.25) is 4.79 Å². The molecule has 0 saturated heterocycles. The minimum Gasteiger partial charge on any atom is -0.321 e. The van der Waals surface area contributed by atoms with E-state index in [4.69, 9.17) is 17.3 Å². The Labute approximate surface area is 85.7 Å². The number of nitrogens with two attached hydrogens (primary N) is 1. The van der Waals surface area contributed by atoms with Gasteiger partial charge in [0.1, 0.15) is 12.0 Å². The van der Waals surface area contributed by atoms with Crippen molar-refractivity contribution in [1.29, 1.82) is 0 Å². The first kappa shape index (κ1) is 9.36. The smallest absolute Gasteiger partial charge is 0.241 e. The van der Waals surface area contributed by atoms with Crippen LogP contribution in [-0.4, -0.2) is 21.9 Å². The van der Waals surface area contributed by atoms with Gasteiger partial charge in [-0.05, 0) is 12.8 Å². The number of hydrogen-bond acceptors (Lipinski definition) is 4. The van der Waals surface area contributed by atoms with E-state index in [0.717, 1.165) is 5.69 Å². The molecule has 3 N–H and O–H groups in total. The van der Waals surface area contributed by atoms with E-state index < -0.39 is 6.04 Å². The van der Waals surface area contributed by atoms with Crippen molar-refractivity contribution in [2.45, 2.75) is 18.9 Å². The van der Waals surface area contributed by atoms with Gasteiger partial charge in [0, 0.05) is 0 Å². The SMILES string of the molecule is N[C@H]1CCc2ncnc(Cl)c2NC1=O. The predicted octanol–water partition coefficient (Wildman–Crippen LogP) is 0.342. The van der Waals surface area contributed by atoms with Crippen LogP contribution < -0.4 is 11.1 Å². The lowest BCUT2D eigenvalue weighted by atomic mass is 10.1. The molecule has 1 amide bonds. The van der Waals surface area contributed by atoms with Gasteiger partial charge in [0.15, 0.2) is 5.15 Å². The largest absolute Gasteiger partial charge is 0.321 e. The third-order valence-electron chi connectivity index (χ3n) is 2.16. The molecule has 2 heterocycles. The lowest BCUT2D eigenvalue weighted by molar-refractivity contribution is -0.117. The summed E-state index contributed by atoms with van der Waals surface area (Å²) in [6.07, 6.45) is 2.59. The average molecular weight is 213 g/mol. The standard InChI is InChI=1S/C8H9ClN4O/c9-7-6-5(11-3-12-7)2-1-4(10)8(14)13-6/h3-4H,1-2,10H2,(H,13,14)/t4-/m0/s1. The predicted molar refractivity (Wildman–Crippen MR) is 52.0 cm³/mol. The molecule has 0 bridgehead atoms. The van der Waals surface area contributed by atoms with Gasteiger partial charge in [-0.15, -0.1) is 0 Å². The molecule has 0 aromatic carbocycles. The molecule has 1 aromatic rings. The summed E-state index contributed by atoms with van der Waals surface area (Å²) in [6.45, 7) is 0. The molecular weight excluding hydrogens is 204 g/mol. The van der Waals surface area contributed by atoms with Crippen molar-refractivity contribution in [2.75, 3.05) is 5.32 Å². The van der Waals surface area contributed by atoms with Gasteiger partial charge in [-0.2, -0.15) is 0 Å². The molecular formula is C8H9ClN4O. The maximum absolute atomic E-state index is 11.4. The third kappa shape index (κ3) is 1.56. The van der Waals surface area contributed by atoms with Crippen molar-refractivity contribution in [1.82, 2.24) is 9.97 Å². The second kappa shape index (κ2) is 3.51. The van der Waals surface area contributed by atoms with E-state index >= 15 is 0 Å². The number of carbonyl (C=O) groups is 1. The average Bonchev–Trinajstić information content (AvgIpc) is 2.30. The first-order valence-corrected chi connectivity index (χ1v) is 4.62. The van der Waals surface area contributed by atoms with Crippen molar-refractivity contribution in [3.05, 3.63) is 17.2 Å². The number of amides is 1. The van der Waals surface area contributed by atoms with Gasteiger partial charge in [0.05, 0.1) is 11.7 Å². The molecule has 74 valence electrons. The highest BCUT2D eigenvalue weighted by Gasteiger charge is 2.22. The van der Waals surface area contributed by atoms with Crippen LogP contribution >= 0.6 is 11.6 Å². The monoisotopic (exact) mass is 212 g/mol. The molecule has 1 aliphatic rings. The van der Waals surface area contributed by atoms with Gasteiger partial charge in [-0.1, -0.05) is 11.6 Å². The molecule has 2 rings (SSSR count). The molecule has 0 saturated carbocycles. The molecule has 6 heteroatoms. The normalized spacial score (nSPS) is 21.0. The highest BCUT2D eigenvalue weighted by Crippen LogP contribution is 2.25. The quantitative estimate of drug-likeness (QED) is 0.608. The lowest BCUT2D eigenvalue weighted by Crippen LogP contribution is -2.34. The highest BCUT2D eigenvalue weighted by molar-refractivity contribution is 6.32. The number of halogens is 1. The number of nitrogens with one attached hydrogen (secondary N) is 1. The summed E-state index contributed by atoms with van der Waals surface area (Å²) in [4.78, 5) is 19.2. The topological polar surface area (TPSA) is 80.9 Å². The fraction of sp³-hybridized carbons (Fsp3) is 0.375. The van der Waals surface area contributed by atoms with Crippen LogP contribution in [0.3, 0.4) is 0 Å². The molecule has 0 unspecified atom stereocenters. The van der Waals surface area contributed by atoms with Crippen molar-refractivity contribution in [3.63, 3.8) is 0 Å². The van der Waals surface area contributed by atoms with Crippen molar-refractivity contribution < 1.29 is 4.79 Å². The number of hydrogen-bond donors (Lipinski definition) is 2. The molecule has 1 atom stereocenters. The molecule has 1 aliphatic heterocycles. The first-order chi connectivity index (χ1) is 6.68. The Hall–Kier alpha value is -1.20. The Morgan fingerprint density at radius 2 is 2.36 bits per heavy atom. The van der Waals surface area contributed by atoms with Crippen LogP contribution in [0.2, 0.25) is 5.15 Å². The summed E-state index contributed by atoms with van der Waals surface area (Å²) in [5, 5.41) is 2.88. The van der Waals surface area contributed by atoms with Crippen molar-refractivity contribution >= 4 is 23.2 Å². The maximum Gasteiger partial charge on any atom is 0.241 e. The lowest BCUT2D eigenvalue weighted by Gasteiger charge is -2.07. The number of carbonyl (C=O) groups excluding carboxylic acids is 1. The Morgan fingerprint density at radius 1 is 1.57 bits per heavy atom. The van der Waals surface area contributed by atoms with Crippen molar-refractivity contribution in [2.24, 2.45) is 5.73 Å². The molecule has 1 aromatic heterocycles. The van der Waals surface area contributed by atoms with Crippen LogP contribution in [0.5, 0.6) is 0 Å². The molecule has 0 aliphatic carbocycles. The van der Waals surface area contributed by atoms with Gasteiger partial charge < -0.3 is 11.1 Å². The van der Waals surface area contributed by atoms with Gasteiger partial charge in [0.2, 0.25) is 5.91 Å². The fourth-order valence-electron chi connectivity index (χ4n) is 1.35. The Morgan fingerprint density at radius 3 is 3.14 bits per heavy atom.